The molecule has 0 spiro atoms. The van der Waals surface area contributed by atoms with Crippen molar-refractivity contribution in [3.8, 4) is 66.8 Å². The smallest absolute Gasteiger partial charge is 0.135 e. The average Bonchev–Trinajstić information content (AvgIpc) is 3.84. The highest BCUT2D eigenvalue weighted by molar-refractivity contribution is 6.10. The maximum atomic E-state index is 6.40. The molecular weight excluding hydrogens is 683 g/mol. The van der Waals surface area contributed by atoms with Gasteiger partial charge in [0.15, 0.2) is 0 Å². The lowest BCUT2D eigenvalue weighted by Crippen LogP contribution is -1.86. The van der Waals surface area contributed by atoms with Crippen LogP contribution in [0.2, 0.25) is 0 Å². The molecule has 0 aliphatic heterocycles. The van der Waals surface area contributed by atoms with E-state index in [2.05, 4.69) is 187 Å². The second-order valence-corrected chi connectivity index (χ2v) is 14.3. The van der Waals surface area contributed by atoms with Crippen molar-refractivity contribution in [3.63, 3.8) is 0 Å². The van der Waals surface area contributed by atoms with Crippen LogP contribution in [0.5, 0.6) is 0 Å². The third kappa shape index (κ3) is 5.40. The SMILES string of the molecule is c1ccc(-c2ccccc2-c2ccc3oc4ccc(-c5ccccc5-c5ccc6oc7ccc(-c8ccccc8-c8cccnc8)cc7c6c5)cc4c3c2)cc1. The van der Waals surface area contributed by atoms with Crippen molar-refractivity contribution in [2.75, 3.05) is 0 Å². The summed E-state index contributed by atoms with van der Waals surface area (Å²) in [4.78, 5) is 4.38. The molecule has 3 aromatic heterocycles. The number of hydrogen-bond acceptors (Lipinski definition) is 3. The van der Waals surface area contributed by atoms with Crippen LogP contribution in [0, 0.1) is 0 Å². The topological polar surface area (TPSA) is 39.2 Å². The number of nitrogens with zero attached hydrogens (tertiary/aromatic N) is 1. The van der Waals surface area contributed by atoms with Gasteiger partial charge in [0.05, 0.1) is 0 Å². The van der Waals surface area contributed by atoms with E-state index in [0.29, 0.717) is 0 Å². The predicted octanol–water partition coefficient (Wildman–Crippen LogP) is 14.9. The van der Waals surface area contributed by atoms with Gasteiger partial charge in [-0.25, -0.2) is 0 Å². The zero-order chi connectivity index (χ0) is 37.0. The molecular formula is C53H33NO2. The molecule has 11 rings (SSSR count). The van der Waals surface area contributed by atoms with E-state index in [4.69, 9.17) is 8.83 Å². The molecule has 0 aliphatic rings. The van der Waals surface area contributed by atoms with Gasteiger partial charge in [-0.1, -0.05) is 133 Å². The van der Waals surface area contributed by atoms with Gasteiger partial charge in [0.25, 0.3) is 0 Å². The number of rotatable bonds is 6. The highest BCUT2D eigenvalue weighted by atomic mass is 16.3. The van der Waals surface area contributed by atoms with Gasteiger partial charge in [0.1, 0.15) is 22.3 Å². The molecule has 3 heterocycles. The first kappa shape index (κ1) is 32.0. The van der Waals surface area contributed by atoms with E-state index in [9.17, 15) is 0 Å². The largest absolute Gasteiger partial charge is 0.456 e. The minimum absolute atomic E-state index is 0.870. The predicted molar refractivity (Wildman–Crippen MR) is 231 cm³/mol. The molecule has 3 heteroatoms. The van der Waals surface area contributed by atoms with Crippen LogP contribution in [-0.4, -0.2) is 4.98 Å². The Morgan fingerprint density at radius 2 is 0.589 bits per heavy atom. The molecule has 262 valence electrons. The van der Waals surface area contributed by atoms with Crippen molar-refractivity contribution >= 4 is 43.9 Å². The lowest BCUT2D eigenvalue weighted by atomic mass is 9.92. The zero-order valence-corrected chi connectivity index (χ0v) is 30.3. The first-order valence-electron chi connectivity index (χ1n) is 18.9. The number of fused-ring (bicyclic) bond motifs is 6. The molecule has 11 aromatic rings. The van der Waals surface area contributed by atoms with E-state index in [1.54, 1.807) is 0 Å². The Morgan fingerprint density at radius 1 is 0.268 bits per heavy atom. The summed E-state index contributed by atoms with van der Waals surface area (Å²) >= 11 is 0. The van der Waals surface area contributed by atoms with Gasteiger partial charge in [-0.15, -0.1) is 0 Å². The molecule has 56 heavy (non-hydrogen) atoms. The standard InChI is InChI=1S/C53H33NO2/c1-2-11-34(12-3-1)40-14-4-5-15-41(40)35-20-24-50-46(29-35)47-30-36(21-25-51(47)55-50)42-16-6-7-17-43(42)37-22-26-52-48(31-37)49-32-38(23-27-53(49)56-52)44-18-8-9-19-45(44)39-13-10-28-54-33-39/h1-33H. The molecule has 0 bridgehead atoms. The lowest BCUT2D eigenvalue weighted by Gasteiger charge is -2.11. The lowest BCUT2D eigenvalue weighted by molar-refractivity contribution is 0.668. The second-order valence-electron chi connectivity index (χ2n) is 14.3. The Balaban J connectivity index is 1.01. The summed E-state index contributed by atoms with van der Waals surface area (Å²) in [5.74, 6) is 0. The minimum atomic E-state index is 0.870. The number of benzene rings is 8. The van der Waals surface area contributed by atoms with Crippen molar-refractivity contribution in [1.82, 2.24) is 4.98 Å². The van der Waals surface area contributed by atoms with Gasteiger partial charge in [0, 0.05) is 39.5 Å². The van der Waals surface area contributed by atoms with Crippen molar-refractivity contribution in [1.29, 1.82) is 0 Å². The molecule has 3 nitrogen and oxygen atoms in total. The summed E-state index contributed by atoms with van der Waals surface area (Å²) in [6.45, 7) is 0. The summed E-state index contributed by atoms with van der Waals surface area (Å²) in [5.41, 5.74) is 17.4. The number of furan rings is 2. The van der Waals surface area contributed by atoms with E-state index in [0.717, 1.165) is 93.9 Å². The van der Waals surface area contributed by atoms with Crippen molar-refractivity contribution in [3.05, 3.63) is 200 Å². The first-order chi connectivity index (χ1) is 27.7. The molecule has 0 radical (unpaired) electrons. The van der Waals surface area contributed by atoms with Crippen LogP contribution in [0.25, 0.3) is 111 Å². The van der Waals surface area contributed by atoms with E-state index in [1.807, 2.05) is 18.5 Å². The van der Waals surface area contributed by atoms with Crippen molar-refractivity contribution < 1.29 is 8.83 Å². The third-order valence-electron chi connectivity index (χ3n) is 11.0. The highest BCUT2D eigenvalue weighted by Gasteiger charge is 2.17. The number of aromatic nitrogens is 1. The summed E-state index contributed by atoms with van der Waals surface area (Å²) in [7, 11) is 0. The molecule has 0 aliphatic carbocycles. The van der Waals surface area contributed by atoms with Crippen molar-refractivity contribution in [2.24, 2.45) is 0 Å². The van der Waals surface area contributed by atoms with Gasteiger partial charge in [-0.3, -0.25) is 4.98 Å². The third-order valence-corrected chi connectivity index (χ3v) is 11.0. The Bertz CT molecular complexity index is 3030. The molecule has 0 amide bonds. The quantitative estimate of drug-likeness (QED) is 0.172. The zero-order valence-electron chi connectivity index (χ0n) is 30.3. The van der Waals surface area contributed by atoms with Gasteiger partial charge in [-0.05, 0) is 116 Å². The Hall–Kier alpha value is -7.49. The Labute approximate surface area is 323 Å². The van der Waals surface area contributed by atoms with Crippen LogP contribution in [0.3, 0.4) is 0 Å². The maximum Gasteiger partial charge on any atom is 0.135 e. The number of pyridine rings is 1. The van der Waals surface area contributed by atoms with Crippen LogP contribution >= 0.6 is 0 Å². The van der Waals surface area contributed by atoms with Crippen LogP contribution in [0.15, 0.2) is 209 Å². The molecule has 0 saturated carbocycles. The van der Waals surface area contributed by atoms with Crippen LogP contribution in [0.1, 0.15) is 0 Å². The molecule has 0 saturated heterocycles. The summed E-state index contributed by atoms with van der Waals surface area (Å²) in [6, 6.07) is 66.6. The van der Waals surface area contributed by atoms with Gasteiger partial charge < -0.3 is 8.83 Å². The minimum Gasteiger partial charge on any atom is -0.456 e. The van der Waals surface area contributed by atoms with E-state index < -0.39 is 0 Å². The molecule has 0 atom stereocenters. The summed E-state index contributed by atoms with van der Waals surface area (Å²) in [6.07, 6.45) is 3.73. The van der Waals surface area contributed by atoms with E-state index >= 15 is 0 Å². The summed E-state index contributed by atoms with van der Waals surface area (Å²) < 4.78 is 12.8. The van der Waals surface area contributed by atoms with Gasteiger partial charge in [-0.2, -0.15) is 0 Å². The van der Waals surface area contributed by atoms with E-state index in [1.165, 1.54) is 16.7 Å². The number of hydrogen-bond donors (Lipinski definition) is 0. The fraction of sp³-hybridized carbons (Fsp3) is 0. The molecule has 0 unspecified atom stereocenters. The maximum absolute atomic E-state index is 6.40. The first-order valence-corrected chi connectivity index (χ1v) is 18.9. The Kier molecular flexibility index (Phi) is 7.49. The van der Waals surface area contributed by atoms with E-state index in [-0.39, 0.29) is 0 Å². The van der Waals surface area contributed by atoms with Crippen LogP contribution < -0.4 is 0 Å². The van der Waals surface area contributed by atoms with Gasteiger partial charge >= 0.3 is 0 Å². The Morgan fingerprint density at radius 3 is 0.946 bits per heavy atom. The molecule has 0 N–H and O–H groups in total. The van der Waals surface area contributed by atoms with Gasteiger partial charge in [0.2, 0.25) is 0 Å². The fourth-order valence-electron chi connectivity index (χ4n) is 8.32. The normalized spacial score (nSPS) is 11.6. The molecule has 0 fully saturated rings. The molecule has 8 aromatic carbocycles. The average molecular weight is 716 g/mol. The van der Waals surface area contributed by atoms with Crippen LogP contribution in [-0.2, 0) is 0 Å². The second kappa shape index (κ2) is 13.1. The van der Waals surface area contributed by atoms with Crippen LogP contribution in [0.4, 0.5) is 0 Å². The monoisotopic (exact) mass is 715 g/mol. The highest BCUT2D eigenvalue weighted by Crippen LogP contribution is 2.42. The fourth-order valence-corrected chi connectivity index (χ4v) is 8.32. The summed E-state index contributed by atoms with van der Waals surface area (Å²) in [5, 5.41) is 4.38. The van der Waals surface area contributed by atoms with Crippen molar-refractivity contribution in [2.45, 2.75) is 0 Å².